The molecule has 1 aliphatic heterocycles. The van der Waals surface area contributed by atoms with Gasteiger partial charge in [0.1, 0.15) is 5.82 Å². The van der Waals surface area contributed by atoms with Gasteiger partial charge in [-0.05, 0) is 55.8 Å². The van der Waals surface area contributed by atoms with Crippen molar-refractivity contribution in [2.75, 3.05) is 6.54 Å². The molecule has 108 valence electrons. The number of nitrogens with one attached hydrogen (secondary N) is 1. The highest BCUT2D eigenvalue weighted by Gasteiger charge is 2.25. The summed E-state index contributed by atoms with van der Waals surface area (Å²) < 4.78 is 0. The Kier molecular flexibility index (Phi) is 3.23. The van der Waals surface area contributed by atoms with Crippen LogP contribution in [-0.4, -0.2) is 16.5 Å². The van der Waals surface area contributed by atoms with E-state index in [1.54, 1.807) is 0 Å². The molecule has 1 atom stereocenters. The molecule has 1 aliphatic carbocycles. The second-order valence-corrected chi connectivity index (χ2v) is 6.16. The highest BCUT2D eigenvalue weighted by Crippen LogP contribution is 2.35. The van der Waals surface area contributed by atoms with Gasteiger partial charge in [0.05, 0.1) is 5.69 Å². The largest absolute Gasteiger partial charge is 0.311 e. The van der Waals surface area contributed by atoms with Crippen molar-refractivity contribution in [3.8, 4) is 0 Å². The molecule has 3 heteroatoms. The Morgan fingerprint density at radius 1 is 1.14 bits per heavy atom. The zero-order valence-electron chi connectivity index (χ0n) is 12.5. The van der Waals surface area contributed by atoms with E-state index >= 15 is 0 Å². The minimum absolute atomic E-state index is 0.376. The molecule has 2 aliphatic rings. The molecule has 21 heavy (non-hydrogen) atoms. The second-order valence-electron chi connectivity index (χ2n) is 6.16. The van der Waals surface area contributed by atoms with Crippen LogP contribution < -0.4 is 5.32 Å². The molecule has 2 aromatic rings. The lowest BCUT2D eigenvalue weighted by atomic mass is 9.82. The minimum Gasteiger partial charge on any atom is -0.311 e. The van der Waals surface area contributed by atoms with E-state index in [9.17, 15) is 0 Å². The van der Waals surface area contributed by atoms with Crippen molar-refractivity contribution in [3.05, 3.63) is 58.2 Å². The van der Waals surface area contributed by atoms with Gasteiger partial charge in [-0.15, -0.1) is 0 Å². The van der Waals surface area contributed by atoms with Crippen LogP contribution in [0.4, 0.5) is 0 Å². The third-order valence-electron chi connectivity index (χ3n) is 4.84. The molecule has 0 spiro atoms. The van der Waals surface area contributed by atoms with E-state index in [0.717, 1.165) is 25.3 Å². The van der Waals surface area contributed by atoms with Crippen LogP contribution in [0.1, 0.15) is 52.7 Å². The van der Waals surface area contributed by atoms with Gasteiger partial charge in [0.2, 0.25) is 0 Å². The first-order valence-electron chi connectivity index (χ1n) is 7.98. The average Bonchev–Trinajstić information content (AvgIpc) is 2.54. The number of fused-ring (bicyclic) bond motifs is 2. The quantitative estimate of drug-likeness (QED) is 0.872. The van der Waals surface area contributed by atoms with E-state index in [4.69, 9.17) is 9.97 Å². The highest BCUT2D eigenvalue weighted by molar-refractivity contribution is 5.38. The molecule has 4 rings (SSSR count). The first-order valence-corrected chi connectivity index (χ1v) is 7.98. The lowest BCUT2D eigenvalue weighted by Gasteiger charge is -2.26. The summed E-state index contributed by atoms with van der Waals surface area (Å²) in [5.74, 6) is 1.41. The Morgan fingerprint density at radius 2 is 2.05 bits per heavy atom. The minimum atomic E-state index is 0.376. The second kappa shape index (κ2) is 5.23. The fourth-order valence-electron chi connectivity index (χ4n) is 3.75. The lowest BCUT2D eigenvalue weighted by molar-refractivity contribution is 0.566. The van der Waals surface area contributed by atoms with Gasteiger partial charge in [0, 0.05) is 18.2 Å². The molecular weight excluding hydrogens is 258 g/mol. The first kappa shape index (κ1) is 13.0. The number of nitrogens with zero attached hydrogens (tertiary/aromatic N) is 2. The van der Waals surface area contributed by atoms with Crippen LogP contribution in [-0.2, 0) is 19.4 Å². The van der Waals surface area contributed by atoms with Crippen LogP contribution in [0, 0.1) is 6.92 Å². The summed E-state index contributed by atoms with van der Waals surface area (Å²) in [4.78, 5) is 9.79. The van der Waals surface area contributed by atoms with Crippen LogP contribution in [0.25, 0.3) is 0 Å². The van der Waals surface area contributed by atoms with Gasteiger partial charge in [-0.1, -0.05) is 24.3 Å². The van der Waals surface area contributed by atoms with Gasteiger partial charge in [-0.25, -0.2) is 9.97 Å². The fourth-order valence-corrected chi connectivity index (χ4v) is 3.75. The van der Waals surface area contributed by atoms with Crippen molar-refractivity contribution in [3.63, 3.8) is 0 Å². The first-order chi connectivity index (χ1) is 10.3. The molecule has 0 saturated heterocycles. The van der Waals surface area contributed by atoms with Gasteiger partial charge in [0.25, 0.3) is 0 Å². The molecule has 1 N–H and O–H groups in total. The number of hydrogen-bond donors (Lipinski definition) is 1. The van der Waals surface area contributed by atoms with Crippen LogP contribution in [0.2, 0.25) is 0 Å². The third-order valence-corrected chi connectivity index (χ3v) is 4.84. The number of hydrogen-bond acceptors (Lipinski definition) is 3. The number of aromatic nitrogens is 2. The molecule has 1 aromatic carbocycles. The zero-order chi connectivity index (χ0) is 14.2. The van der Waals surface area contributed by atoms with Crippen molar-refractivity contribution in [1.29, 1.82) is 0 Å². The number of rotatable bonds is 1. The molecule has 0 radical (unpaired) electrons. The Balaban J connectivity index is 1.79. The Labute approximate surface area is 125 Å². The Bertz CT molecular complexity index is 678. The third kappa shape index (κ3) is 2.26. The van der Waals surface area contributed by atoms with Gasteiger partial charge in [-0.2, -0.15) is 0 Å². The molecule has 3 nitrogen and oxygen atoms in total. The topological polar surface area (TPSA) is 37.8 Å². The standard InChI is InChI=1S/C18H21N3/c1-12-14-9-10-19-11-17(14)21-18(20-12)16-8-4-6-13-5-2-3-7-15(13)16/h2-3,5,7,16,19H,4,6,8-11H2,1H3. The summed E-state index contributed by atoms with van der Waals surface area (Å²) >= 11 is 0. The van der Waals surface area contributed by atoms with Crippen molar-refractivity contribution in [2.24, 2.45) is 0 Å². The van der Waals surface area contributed by atoms with E-state index in [-0.39, 0.29) is 0 Å². The maximum Gasteiger partial charge on any atom is 0.136 e. The Hall–Kier alpha value is -1.74. The van der Waals surface area contributed by atoms with E-state index in [2.05, 4.69) is 36.5 Å². The molecule has 0 amide bonds. The van der Waals surface area contributed by atoms with Gasteiger partial charge < -0.3 is 5.32 Å². The summed E-state index contributed by atoms with van der Waals surface area (Å²) in [6.45, 7) is 4.08. The molecular formula is C18H21N3. The summed E-state index contributed by atoms with van der Waals surface area (Å²) in [6, 6.07) is 8.80. The van der Waals surface area contributed by atoms with Gasteiger partial charge >= 0.3 is 0 Å². The van der Waals surface area contributed by atoms with E-state index in [1.807, 2.05) is 0 Å². The van der Waals surface area contributed by atoms with Crippen LogP contribution >= 0.6 is 0 Å². The smallest absolute Gasteiger partial charge is 0.136 e. The normalized spacial score (nSPS) is 20.7. The van der Waals surface area contributed by atoms with Crippen LogP contribution in [0.5, 0.6) is 0 Å². The molecule has 2 heterocycles. The predicted octanol–water partition coefficient (Wildman–Crippen LogP) is 2.90. The number of aryl methyl sites for hydroxylation is 2. The zero-order valence-corrected chi connectivity index (χ0v) is 12.5. The van der Waals surface area contributed by atoms with Gasteiger partial charge in [-0.3, -0.25) is 0 Å². The van der Waals surface area contributed by atoms with Crippen molar-refractivity contribution in [1.82, 2.24) is 15.3 Å². The summed E-state index contributed by atoms with van der Waals surface area (Å²) in [5, 5.41) is 3.43. The maximum absolute atomic E-state index is 4.92. The average molecular weight is 279 g/mol. The van der Waals surface area contributed by atoms with Gasteiger partial charge in [0.15, 0.2) is 0 Å². The van der Waals surface area contributed by atoms with Crippen LogP contribution in [0.3, 0.4) is 0 Å². The Morgan fingerprint density at radius 3 is 3.00 bits per heavy atom. The maximum atomic E-state index is 4.92. The molecule has 0 bridgehead atoms. The summed E-state index contributed by atoms with van der Waals surface area (Å²) in [6.07, 6.45) is 4.66. The summed E-state index contributed by atoms with van der Waals surface area (Å²) in [7, 11) is 0. The van der Waals surface area contributed by atoms with Crippen molar-refractivity contribution >= 4 is 0 Å². The fraction of sp³-hybridized carbons (Fsp3) is 0.444. The highest BCUT2D eigenvalue weighted by atomic mass is 15.0. The number of benzene rings is 1. The van der Waals surface area contributed by atoms with E-state index in [1.165, 1.54) is 47.3 Å². The van der Waals surface area contributed by atoms with Crippen molar-refractivity contribution in [2.45, 2.75) is 45.1 Å². The van der Waals surface area contributed by atoms with E-state index < -0.39 is 0 Å². The molecule has 0 saturated carbocycles. The monoisotopic (exact) mass is 279 g/mol. The lowest BCUT2D eigenvalue weighted by Crippen LogP contribution is -2.27. The predicted molar refractivity (Wildman–Crippen MR) is 83.4 cm³/mol. The van der Waals surface area contributed by atoms with Crippen LogP contribution in [0.15, 0.2) is 24.3 Å². The molecule has 1 aromatic heterocycles. The van der Waals surface area contributed by atoms with E-state index in [0.29, 0.717) is 5.92 Å². The summed E-state index contributed by atoms with van der Waals surface area (Å²) in [5.41, 5.74) is 6.67. The SMILES string of the molecule is Cc1nc(C2CCCc3ccccc32)nc2c1CCNC2. The molecule has 1 unspecified atom stereocenters. The van der Waals surface area contributed by atoms with Crippen molar-refractivity contribution < 1.29 is 0 Å². The molecule has 0 fully saturated rings.